The first-order valence-electron chi connectivity index (χ1n) is 29.7. The molecule has 89 heavy (non-hydrogen) atoms. The fraction of sp³-hybridized carbons (Fsp3) is 0.422. The maximum atomic E-state index is 13.8. The number of nitrogens with two attached hydrogens (primary N) is 2. The molecule has 4 bridgehead atoms. The zero-order valence-corrected chi connectivity index (χ0v) is 52.0. The highest BCUT2D eigenvalue weighted by molar-refractivity contribution is 7.85. The molecule has 11 rings (SSSR count). The van der Waals surface area contributed by atoms with Crippen LogP contribution in [0.3, 0.4) is 0 Å². The van der Waals surface area contributed by atoms with Crippen molar-refractivity contribution in [1.82, 2.24) is 35.3 Å². The summed E-state index contributed by atoms with van der Waals surface area (Å²) in [6.45, 7) is 10.3. The average molecular weight is 1250 g/mol. The van der Waals surface area contributed by atoms with Gasteiger partial charge < -0.3 is 46.9 Å². The summed E-state index contributed by atoms with van der Waals surface area (Å²) in [5, 5.41) is 28.5. The molecule has 0 spiro atoms. The quantitative estimate of drug-likeness (QED) is 0.0195. The summed E-state index contributed by atoms with van der Waals surface area (Å²) in [5.74, 6) is -3.47. The molecule has 0 radical (unpaired) electrons. The zero-order valence-electron chi connectivity index (χ0n) is 50.3. The largest absolute Gasteiger partial charge is 0.476 e. The topological polar surface area (TPSA) is 342 Å². The number of benzene rings is 4. The third kappa shape index (κ3) is 14.9. The van der Waals surface area contributed by atoms with Crippen LogP contribution in [0.5, 0.6) is 0 Å². The van der Waals surface area contributed by atoms with Crippen molar-refractivity contribution in [3.05, 3.63) is 126 Å². The van der Waals surface area contributed by atoms with Crippen LogP contribution in [-0.2, 0) is 42.3 Å². The number of aromatic carboxylic acids is 1. The number of carboxylic acids is 1. The number of hydrogen-bond acceptors (Lipinski definition) is 15. The molecule has 470 valence electrons. The van der Waals surface area contributed by atoms with E-state index in [4.69, 9.17) is 31.0 Å². The van der Waals surface area contributed by atoms with E-state index in [0.717, 1.165) is 53.4 Å². The van der Waals surface area contributed by atoms with Gasteiger partial charge in [-0.15, -0.1) is 0 Å². The summed E-state index contributed by atoms with van der Waals surface area (Å²) >= 11 is 1.39. The maximum absolute atomic E-state index is 13.8. The third-order valence-corrected chi connectivity index (χ3v) is 19.1. The van der Waals surface area contributed by atoms with Crippen LogP contribution >= 0.6 is 11.3 Å². The number of rotatable bonds is 25. The van der Waals surface area contributed by atoms with Gasteiger partial charge in [-0.05, 0) is 145 Å². The molecular weight excluding hydrogens is 1180 g/mol. The van der Waals surface area contributed by atoms with Crippen LogP contribution in [0.4, 0.5) is 20.4 Å². The standard InChI is InChI=1S/C64H75N11O12S2/c1-38(2)52(65)56(78)71-50(13-9-23-67-58(66)81)55(77)69-43-19-15-40(16-20-43)30-86-60(82)74(25-27-89(83,84)85)24-26-87-64-34-61(4)31-62(5,35-64)33-63(32-61,36-64)37-75-39(3)47(29-68-75)44-21-22-48(70-53(44)57(79)80)42-18-17-41-10-8-11-45(46(41)28-42)54(76)73-59-72-49-12-6-7-14-51(49)88-59/h6-8,10-12,14-22,28-29,38,50,52H,9,13,23-27,30-37,65H2,1-5H3,(H,69,77)(H,71,78)(H,79,80)(H3,66,67,81)(H,72,73,76)(H,83,84,85). The van der Waals surface area contributed by atoms with E-state index >= 15 is 0 Å². The van der Waals surface area contributed by atoms with Crippen LogP contribution in [0.1, 0.15) is 111 Å². The van der Waals surface area contributed by atoms with Gasteiger partial charge in [-0.25, -0.2) is 24.4 Å². The number of amides is 6. The smallest absolute Gasteiger partial charge is 0.410 e. The number of pyridine rings is 1. The van der Waals surface area contributed by atoms with Crippen molar-refractivity contribution in [2.75, 3.05) is 42.6 Å². The van der Waals surface area contributed by atoms with Crippen LogP contribution in [0.25, 0.3) is 43.4 Å². The van der Waals surface area contributed by atoms with Crippen molar-refractivity contribution < 1.29 is 56.3 Å². The first kappa shape index (κ1) is 63.7. The number of carbonyl (C=O) groups excluding carboxylic acids is 5. The lowest BCUT2D eigenvalue weighted by Crippen LogP contribution is -2.64. The summed E-state index contributed by atoms with van der Waals surface area (Å²) in [5.41, 5.74) is 15.0. The molecule has 10 N–H and O–H groups in total. The van der Waals surface area contributed by atoms with Gasteiger partial charge in [-0.2, -0.15) is 13.5 Å². The normalized spacial score (nSPS) is 20.9. The minimum atomic E-state index is -4.47. The van der Waals surface area contributed by atoms with Gasteiger partial charge in [0.1, 0.15) is 12.6 Å². The molecule has 7 aromatic rings. The van der Waals surface area contributed by atoms with Gasteiger partial charge in [0, 0.05) is 59.8 Å². The Hall–Kier alpha value is -8.36. The Balaban J connectivity index is 0.795. The highest BCUT2D eigenvalue weighted by Gasteiger charge is 2.66. The van der Waals surface area contributed by atoms with Crippen molar-refractivity contribution in [3.63, 3.8) is 0 Å². The number of urea groups is 1. The molecule has 0 aliphatic heterocycles. The molecule has 6 amide bonds. The third-order valence-electron chi connectivity index (χ3n) is 17.4. The van der Waals surface area contributed by atoms with E-state index in [1.54, 1.807) is 62.5 Å². The number of ether oxygens (including phenoxy) is 2. The van der Waals surface area contributed by atoms with Crippen molar-refractivity contribution in [2.24, 2.45) is 33.6 Å². The van der Waals surface area contributed by atoms with Gasteiger partial charge >= 0.3 is 18.1 Å². The summed E-state index contributed by atoms with van der Waals surface area (Å²) in [7, 11) is -4.47. The van der Waals surface area contributed by atoms with E-state index in [1.807, 2.05) is 66.2 Å². The number of nitrogens with one attached hydrogen (secondary N) is 4. The average Bonchev–Trinajstić information content (AvgIpc) is 1.02. The highest BCUT2D eigenvalue weighted by Crippen LogP contribution is 2.72. The van der Waals surface area contributed by atoms with Gasteiger partial charge in [0.15, 0.2) is 10.8 Å². The van der Waals surface area contributed by atoms with Crippen LogP contribution in [-0.4, -0.2) is 128 Å². The number of aromatic nitrogens is 4. The number of nitrogens with zero attached hydrogens (tertiary/aromatic N) is 5. The minimum Gasteiger partial charge on any atom is -0.476 e. The molecule has 4 atom stereocenters. The Morgan fingerprint density at radius 3 is 2.28 bits per heavy atom. The summed E-state index contributed by atoms with van der Waals surface area (Å²) in [4.78, 5) is 88.5. The van der Waals surface area contributed by atoms with Crippen molar-refractivity contribution in [2.45, 2.75) is 117 Å². The molecule has 3 heterocycles. The zero-order chi connectivity index (χ0) is 63.6. The van der Waals surface area contributed by atoms with Gasteiger partial charge in [0.25, 0.3) is 16.0 Å². The molecule has 4 aliphatic rings. The molecular formula is C64H75N11O12S2. The second-order valence-corrected chi connectivity index (χ2v) is 28.0. The Kier molecular flexibility index (Phi) is 18.3. The maximum Gasteiger partial charge on any atom is 0.410 e. The first-order valence-corrected chi connectivity index (χ1v) is 32.1. The second kappa shape index (κ2) is 25.6. The predicted molar refractivity (Wildman–Crippen MR) is 338 cm³/mol. The number of primary amides is 1. The summed E-state index contributed by atoms with van der Waals surface area (Å²) in [6, 6.07) is 26.1. The van der Waals surface area contributed by atoms with Crippen molar-refractivity contribution in [3.8, 4) is 22.4 Å². The first-order chi connectivity index (χ1) is 42.2. The molecule has 25 heteroatoms. The van der Waals surface area contributed by atoms with E-state index < -0.39 is 63.5 Å². The number of carboxylic acid groups (broad SMARTS) is 1. The number of anilines is 2. The Morgan fingerprint density at radius 1 is 0.843 bits per heavy atom. The minimum absolute atomic E-state index is 0.0366. The van der Waals surface area contributed by atoms with Crippen LogP contribution in [0, 0.1) is 29.1 Å². The fourth-order valence-corrected chi connectivity index (χ4v) is 15.8. The SMILES string of the molecule is Cc1c(-c2ccc(-c3ccc4cccc(C(=O)Nc5nc6ccccc6s5)c4c3)nc2C(=O)O)cnn1CC12CC3(C)CC(C)(C1)CC(OCCN(CCS(=O)(=O)O)C(=O)OCc1ccc(NC(=O)C(CCCNC(N)=O)NC(=O)C(N)C(C)C)cc1)(C3)C2. The van der Waals surface area contributed by atoms with Gasteiger partial charge in [-0.1, -0.05) is 87.6 Å². The number of carbonyl (C=O) groups is 6. The Labute approximate surface area is 519 Å². The lowest BCUT2D eigenvalue weighted by molar-refractivity contribution is -0.248. The number of fused-ring (bicyclic) bond motifs is 2. The van der Waals surface area contributed by atoms with Crippen LogP contribution < -0.4 is 32.7 Å². The van der Waals surface area contributed by atoms with E-state index in [2.05, 4.69) is 40.1 Å². The monoisotopic (exact) mass is 1250 g/mol. The fourth-order valence-electron chi connectivity index (χ4n) is 14.5. The number of hydrogen-bond donors (Lipinski definition) is 8. The number of thiazole rings is 1. The highest BCUT2D eigenvalue weighted by atomic mass is 32.2. The van der Waals surface area contributed by atoms with E-state index in [-0.39, 0.29) is 73.0 Å². The second-order valence-electron chi connectivity index (χ2n) is 25.4. The molecule has 4 unspecified atom stereocenters. The van der Waals surface area contributed by atoms with E-state index in [0.29, 0.717) is 69.1 Å². The van der Waals surface area contributed by atoms with E-state index in [1.165, 1.54) is 16.2 Å². The van der Waals surface area contributed by atoms with Gasteiger partial charge in [0.05, 0.1) is 46.1 Å². The van der Waals surface area contributed by atoms with Crippen LogP contribution in [0.2, 0.25) is 0 Å². The molecule has 4 saturated carbocycles. The predicted octanol–water partition coefficient (Wildman–Crippen LogP) is 9.15. The van der Waals surface area contributed by atoms with Crippen LogP contribution in [0.15, 0.2) is 103 Å². The molecule has 4 aliphatic carbocycles. The lowest BCUT2D eigenvalue weighted by atomic mass is 9.39. The molecule has 4 aromatic carbocycles. The van der Waals surface area contributed by atoms with Gasteiger partial charge in [-0.3, -0.25) is 28.9 Å². The summed E-state index contributed by atoms with van der Waals surface area (Å²) < 4.78 is 49.3. The molecule has 0 saturated heterocycles. The molecule has 3 aromatic heterocycles. The summed E-state index contributed by atoms with van der Waals surface area (Å²) in [6.07, 6.45) is 6.44. The van der Waals surface area contributed by atoms with Gasteiger partial charge in [0.2, 0.25) is 11.8 Å². The number of para-hydroxylation sites is 1. The van der Waals surface area contributed by atoms with E-state index in [9.17, 15) is 46.8 Å². The Morgan fingerprint density at radius 2 is 1.58 bits per heavy atom. The molecule has 4 fully saturated rings. The van der Waals surface area contributed by atoms with Crippen molar-refractivity contribution >= 4 is 89.1 Å². The lowest BCUT2D eigenvalue weighted by Gasteiger charge is -2.69. The molecule has 23 nitrogen and oxygen atoms in total. The van der Waals surface area contributed by atoms with Crippen molar-refractivity contribution in [1.29, 1.82) is 0 Å². The Bertz CT molecular complexity index is 3930.